The minimum absolute atomic E-state index is 0.149. The van der Waals surface area contributed by atoms with E-state index in [1.165, 1.54) is 0 Å². The molecule has 4 nitrogen and oxygen atoms in total. The standard InChI is InChI=1S/C17H30O4S/c1-5-22(19,20)10-11-6-7-14(18)17(4)15(21-17)8-13-12(11)9-16(13,2)3/h11-15,18H,5-10H2,1-4H3/t11-,12+,13+,14+,15+,17-/m0/s1. The molecule has 0 bridgehead atoms. The molecule has 2 saturated carbocycles. The molecule has 0 unspecified atom stereocenters. The maximum atomic E-state index is 12.1. The van der Waals surface area contributed by atoms with Gasteiger partial charge in [0.05, 0.1) is 18.0 Å². The maximum absolute atomic E-state index is 12.1. The Morgan fingerprint density at radius 1 is 1.23 bits per heavy atom. The molecule has 0 radical (unpaired) electrons. The van der Waals surface area contributed by atoms with Crippen LogP contribution < -0.4 is 0 Å². The van der Waals surface area contributed by atoms with Crippen LogP contribution in [0.4, 0.5) is 0 Å². The van der Waals surface area contributed by atoms with Gasteiger partial charge < -0.3 is 9.84 Å². The second-order valence-corrected chi connectivity index (χ2v) is 10.9. The first kappa shape index (κ1) is 16.7. The highest BCUT2D eigenvalue weighted by molar-refractivity contribution is 7.91. The molecule has 5 heteroatoms. The summed E-state index contributed by atoms with van der Waals surface area (Å²) in [6.07, 6.45) is 3.19. The summed E-state index contributed by atoms with van der Waals surface area (Å²) in [4.78, 5) is 0. The van der Waals surface area contributed by atoms with E-state index in [0.717, 1.165) is 19.3 Å². The van der Waals surface area contributed by atoms with E-state index in [9.17, 15) is 13.5 Å². The average molecular weight is 330 g/mol. The molecule has 1 aliphatic heterocycles. The molecule has 128 valence electrons. The lowest BCUT2D eigenvalue weighted by Gasteiger charge is -2.55. The van der Waals surface area contributed by atoms with E-state index in [0.29, 0.717) is 18.3 Å². The van der Waals surface area contributed by atoms with Gasteiger partial charge in [-0.15, -0.1) is 0 Å². The van der Waals surface area contributed by atoms with E-state index in [-0.39, 0.29) is 28.9 Å². The lowest BCUT2D eigenvalue weighted by atomic mass is 9.51. The average Bonchev–Trinajstić information content (AvgIpc) is 3.09. The molecule has 0 amide bonds. The van der Waals surface area contributed by atoms with E-state index < -0.39 is 21.5 Å². The molecule has 1 N–H and O–H groups in total. The molecule has 1 saturated heterocycles. The number of sulfone groups is 1. The van der Waals surface area contributed by atoms with Gasteiger partial charge in [-0.3, -0.25) is 0 Å². The summed E-state index contributed by atoms with van der Waals surface area (Å²) < 4.78 is 30.1. The maximum Gasteiger partial charge on any atom is 0.150 e. The van der Waals surface area contributed by atoms with Gasteiger partial charge >= 0.3 is 0 Å². The van der Waals surface area contributed by atoms with Crippen molar-refractivity contribution in [1.82, 2.24) is 0 Å². The van der Waals surface area contributed by atoms with Gasteiger partial charge in [0.1, 0.15) is 15.4 Å². The van der Waals surface area contributed by atoms with Gasteiger partial charge in [-0.05, 0) is 55.8 Å². The van der Waals surface area contributed by atoms with Crippen molar-refractivity contribution < 1.29 is 18.3 Å². The summed E-state index contributed by atoms with van der Waals surface area (Å²) in [5.41, 5.74) is -0.129. The van der Waals surface area contributed by atoms with Gasteiger partial charge in [0.2, 0.25) is 0 Å². The fourth-order valence-electron chi connectivity index (χ4n) is 4.91. The minimum Gasteiger partial charge on any atom is -0.390 e. The van der Waals surface area contributed by atoms with E-state index in [1.807, 2.05) is 6.92 Å². The monoisotopic (exact) mass is 330 g/mol. The summed E-state index contributed by atoms with van der Waals surface area (Å²) in [5, 5.41) is 10.4. The third-order valence-electron chi connectivity index (χ3n) is 6.71. The second kappa shape index (κ2) is 5.18. The number of aliphatic hydroxyl groups is 1. The Morgan fingerprint density at radius 2 is 1.91 bits per heavy atom. The van der Waals surface area contributed by atoms with Crippen LogP contribution in [-0.4, -0.2) is 42.8 Å². The molecular formula is C17H30O4S. The van der Waals surface area contributed by atoms with E-state index in [1.54, 1.807) is 6.92 Å². The Hall–Kier alpha value is -0.130. The highest BCUT2D eigenvalue weighted by Crippen LogP contribution is 2.60. The Kier molecular flexibility index (Phi) is 3.94. The van der Waals surface area contributed by atoms with Crippen molar-refractivity contribution in [3.05, 3.63) is 0 Å². The molecule has 3 rings (SSSR count). The van der Waals surface area contributed by atoms with Crippen LogP contribution in [0.15, 0.2) is 0 Å². The number of rotatable bonds is 3. The topological polar surface area (TPSA) is 66.9 Å². The van der Waals surface area contributed by atoms with Crippen molar-refractivity contribution in [3.8, 4) is 0 Å². The SMILES string of the molecule is CCS(=O)(=O)C[C@@H]1CC[C@@H](O)[C@]2(C)O[C@@H]2C[C@@H]2[C@@H]1CC2(C)C. The number of fused-ring (bicyclic) bond motifs is 2. The van der Waals surface area contributed by atoms with E-state index in [4.69, 9.17) is 4.74 Å². The number of hydrogen-bond acceptors (Lipinski definition) is 4. The Bertz CT molecular complexity index is 541. The smallest absolute Gasteiger partial charge is 0.150 e. The molecule has 0 aromatic rings. The molecule has 6 atom stereocenters. The molecule has 1 heterocycles. The summed E-state index contributed by atoms with van der Waals surface area (Å²) in [5.74, 6) is 1.68. The van der Waals surface area contributed by atoms with Crippen LogP contribution >= 0.6 is 0 Å². The molecule has 0 aromatic carbocycles. The normalized spacial score (nSPS) is 47.2. The molecule has 3 fully saturated rings. The molecule has 2 aliphatic carbocycles. The fourth-order valence-corrected chi connectivity index (χ4v) is 6.21. The lowest BCUT2D eigenvalue weighted by Crippen LogP contribution is -2.49. The first-order valence-corrected chi connectivity index (χ1v) is 10.5. The van der Waals surface area contributed by atoms with Crippen LogP contribution in [0.1, 0.15) is 53.4 Å². The van der Waals surface area contributed by atoms with Crippen molar-refractivity contribution in [2.24, 2.45) is 23.2 Å². The third-order valence-corrected chi connectivity index (χ3v) is 8.53. The Labute approximate surface area is 134 Å². The van der Waals surface area contributed by atoms with Crippen molar-refractivity contribution in [3.63, 3.8) is 0 Å². The van der Waals surface area contributed by atoms with Gasteiger partial charge in [0.15, 0.2) is 0 Å². The van der Waals surface area contributed by atoms with Crippen molar-refractivity contribution in [2.45, 2.75) is 71.2 Å². The fraction of sp³-hybridized carbons (Fsp3) is 1.00. The number of hydrogen-bond donors (Lipinski definition) is 1. The highest BCUT2D eigenvalue weighted by atomic mass is 32.2. The van der Waals surface area contributed by atoms with Crippen LogP contribution in [0.3, 0.4) is 0 Å². The van der Waals surface area contributed by atoms with Gasteiger partial charge in [0, 0.05) is 5.75 Å². The molecule has 3 aliphatic rings. The van der Waals surface area contributed by atoms with Crippen LogP contribution in [0.5, 0.6) is 0 Å². The predicted molar refractivity (Wildman–Crippen MR) is 86.3 cm³/mol. The van der Waals surface area contributed by atoms with Crippen molar-refractivity contribution in [2.75, 3.05) is 11.5 Å². The van der Waals surface area contributed by atoms with E-state index in [2.05, 4.69) is 13.8 Å². The van der Waals surface area contributed by atoms with Gasteiger partial charge in [-0.2, -0.15) is 0 Å². The third kappa shape index (κ3) is 2.73. The zero-order chi connectivity index (χ0) is 16.3. The molecular weight excluding hydrogens is 300 g/mol. The predicted octanol–water partition coefficient (Wildman–Crippen LogP) is 2.40. The van der Waals surface area contributed by atoms with Gasteiger partial charge in [-0.25, -0.2) is 8.42 Å². The van der Waals surface area contributed by atoms with E-state index >= 15 is 0 Å². The number of epoxide rings is 1. The molecule has 0 aromatic heterocycles. The summed E-state index contributed by atoms with van der Waals surface area (Å²) in [6.45, 7) is 8.30. The van der Waals surface area contributed by atoms with Crippen LogP contribution in [-0.2, 0) is 14.6 Å². The summed E-state index contributed by atoms with van der Waals surface area (Å²) >= 11 is 0. The summed E-state index contributed by atoms with van der Waals surface area (Å²) in [7, 11) is -2.97. The van der Waals surface area contributed by atoms with Crippen LogP contribution in [0, 0.1) is 23.2 Å². The van der Waals surface area contributed by atoms with Crippen LogP contribution in [0.2, 0.25) is 0 Å². The molecule has 0 spiro atoms. The minimum atomic E-state index is -2.97. The van der Waals surface area contributed by atoms with Gasteiger partial charge in [0.25, 0.3) is 0 Å². The zero-order valence-electron chi connectivity index (χ0n) is 14.2. The van der Waals surface area contributed by atoms with Crippen LogP contribution in [0.25, 0.3) is 0 Å². The van der Waals surface area contributed by atoms with Crippen molar-refractivity contribution in [1.29, 1.82) is 0 Å². The first-order valence-electron chi connectivity index (χ1n) is 8.65. The second-order valence-electron chi connectivity index (χ2n) is 8.54. The highest BCUT2D eigenvalue weighted by Gasteiger charge is 2.62. The number of ether oxygens (including phenoxy) is 1. The Balaban J connectivity index is 1.82. The van der Waals surface area contributed by atoms with Gasteiger partial charge in [-0.1, -0.05) is 20.8 Å². The largest absolute Gasteiger partial charge is 0.390 e. The number of aliphatic hydroxyl groups excluding tert-OH is 1. The first-order chi connectivity index (χ1) is 10.1. The zero-order valence-corrected chi connectivity index (χ0v) is 15.0. The lowest BCUT2D eigenvalue weighted by molar-refractivity contribution is -0.0542. The molecule has 22 heavy (non-hydrogen) atoms. The van der Waals surface area contributed by atoms with Crippen molar-refractivity contribution >= 4 is 9.84 Å². The summed E-state index contributed by atoms with van der Waals surface area (Å²) in [6, 6.07) is 0. The quantitative estimate of drug-likeness (QED) is 0.807. The Morgan fingerprint density at radius 3 is 2.50 bits per heavy atom.